The van der Waals surface area contributed by atoms with Gasteiger partial charge in [0.1, 0.15) is 0 Å². The Kier molecular flexibility index (Phi) is 7.06. The maximum Gasteiger partial charge on any atom is 0.333 e. The van der Waals surface area contributed by atoms with Crippen LogP contribution in [0.15, 0.2) is 60.7 Å². The van der Waals surface area contributed by atoms with Crippen LogP contribution in [0.2, 0.25) is 0 Å². The first-order valence-corrected chi connectivity index (χ1v) is 7.44. The van der Waals surface area contributed by atoms with Crippen molar-refractivity contribution in [2.75, 3.05) is 23.7 Å². The van der Waals surface area contributed by atoms with E-state index in [1.165, 1.54) is 0 Å². The monoisotopic (exact) mass is 328 g/mol. The molecule has 126 valence electrons. The first kappa shape index (κ1) is 17.3. The molecule has 0 aliphatic carbocycles. The minimum atomic E-state index is -0.365. The van der Waals surface area contributed by atoms with E-state index in [0.717, 1.165) is 0 Å². The zero-order valence-electron chi connectivity index (χ0n) is 13.0. The summed E-state index contributed by atoms with van der Waals surface area (Å²) in [6.45, 7) is 0.849. The summed E-state index contributed by atoms with van der Waals surface area (Å²) in [6, 6.07) is 17.5. The second-order valence-electron chi connectivity index (χ2n) is 4.74. The Hall–Kier alpha value is -3.10. The average Bonchev–Trinajstić information content (AvgIpc) is 2.60. The number of hydrogen-bond donors (Lipinski definition) is 6. The number of anilines is 2. The van der Waals surface area contributed by atoms with Crippen LogP contribution in [0.25, 0.3) is 0 Å². The third-order valence-electron chi connectivity index (χ3n) is 2.84. The van der Waals surface area contributed by atoms with E-state index in [1.54, 1.807) is 24.3 Å². The predicted octanol–water partition coefficient (Wildman–Crippen LogP) is 1.64. The van der Waals surface area contributed by atoms with Gasteiger partial charge in [-0.2, -0.15) is 0 Å². The number of carbonyl (C=O) groups is 2. The number of carbonyl (C=O) groups excluding carboxylic acids is 2. The number of urea groups is 2. The quantitative estimate of drug-likeness (QED) is 0.343. The molecule has 0 bridgehead atoms. The minimum Gasteiger partial charge on any atom is -0.307 e. The fourth-order valence-electron chi connectivity index (χ4n) is 1.78. The van der Waals surface area contributed by atoms with E-state index >= 15 is 0 Å². The van der Waals surface area contributed by atoms with Crippen molar-refractivity contribution in [1.82, 2.24) is 21.7 Å². The van der Waals surface area contributed by atoms with E-state index in [-0.39, 0.29) is 12.1 Å². The number of benzene rings is 2. The van der Waals surface area contributed by atoms with Crippen molar-refractivity contribution in [1.29, 1.82) is 0 Å². The molecule has 2 aromatic carbocycles. The van der Waals surface area contributed by atoms with Gasteiger partial charge in [0.15, 0.2) is 0 Å². The SMILES string of the molecule is O=C(NNCCNNC(=O)Nc1ccccc1)Nc1ccccc1. The Morgan fingerprint density at radius 1 is 0.625 bits per heavy atom. The van der Waals surface area contributed by atoms with Crippen LogP contribution in [0, 0.1) is 0 Å². The van der Waals surface area contributed by atoms with Crippen LogP contribution in [-0.4, -0.2) is 25.2 Å². The van der Waals surface area contributed by atoms with Crippen LogP contribution < -0.4 is 32.3 Å². The number of hydrogen-bond acceptors (Lipinski definition) is 4. The molecule has 0 heterocycles. The van der Waals surface area contributed by atoms with E-state index in [4.69, 9.17) is 0 Å². The third kappa shape index (κ3) is 6.77. The molecule has 8 nitrogen and oxygen atoms in total. The van der Waals surface area contributed by atoms with E-state index in [1.807, 2.05) is 36.4 Å². The summed E-state index contributed by atoms with van der Waals surface area (Å²) in [6.07, 6.45) is 0. The maximum absolute atomic E-state index is 11.6. The summed E-state index contributed by atoms with van der Waals surface area (Å²) in [5.74, 6) is 0. The van der Waals surface area contributed by atoms with Gasteiger partial charge >= 0.3 is 12.1 Å². The van der Waals surface area contributed by atoms with Gasteiger partial charge in [-0.05, 0) is 24.3 Å². The molecule has 2 rings (SSSR count). The predicted molar refractivity (Wildman–Crippen MR) is 93.2 cm³/mol. The average molecular weight is 328 g/mol. The van der Waals surface area contributed by atoms with Gasteiger partial charge in [0, 0.05) is 24.5 Å². The fraction of sp³-hybridized carbons (Fsp3) is 0.125. The van der Waals surface area contributed by atoms with Gasteiger partial charge in [-0.15, -0.1) is 0 Å². The van der Waals surface area contributed by atoms with E-state index < -0.39 is 0 Å². The summed E-state index contributed by atoms with van der Waals surface area (Å²) < 4.78 is 0. The number of nitrogens with one attached hydrogen (secondary N) is 6. The number of rotatable bonds is 7. The standard InChI is InChI=1S/C16H20N6O2/c23-15(19-13-7-3-1-4-8-13)21-17-11-12-18-22-16(24)20-14-9-5-2-6-10-14/h1-10,17-18H,11-12H2,(H2,19,21,23)(H2,20,22,24). The third-order valence-corrected chi connectivity index (χ3v) is 2.84. The van der Waals surface area contributed by atoms with Crippen LogP contribution in [0.3, 0.4) is 0 Å². The molecule has 0 radical (unpaired) electrons. The molecule has 0 aliphatic rings. The van der Waals surface area contributed by atoms with Crippen LogP contribution in [0.1, 0.15) is 0 Å². The number of para-hydroxylation sites is 2. The summed E-state index contributed by atoms with van der Waals surface area (Å²) >= 11 is 0. The molecular formula is C16H20N6O2. The lowest BCUT2D eigenvalue weighted by Gasteiger charge is -2.11. The van der Waals surface area contributed by atoms with E-state index in [2.05, 4.69) is 32.3 Å². The maximum atomic E-state index is 11.6. The molecule has 0 fully saturated rings. The van der Waals surface area contributed by atoms with Crippen molar-refractivity contribution in [3.8, 4) is 0 Å². The highest BCUT2D eigenvalue weighted by Gasteiger charge is 2.01. The van der Waals surface area contributed by atoms with E-state index in [0.29, 0.717) is 24.5 Å². The second-order valence-corrected chi connectivity index (χ2v) is 4.74. The minimum absolute atomic E-state index is 0.365. The molecule has 0 spiro atoms. The highest BCUT2D eigenvalue weighted by atomic mass is 16.2. The lowest BCUT2D eigenvalue weighted by molar-refractivity contribution is 0.245. The van der Waals surface area contributed by atoms with Gasteiger partial charge in [0.25, 0.3) is 0 Å². The molecule has 6 N–H and O–H groups in total. The normalized spacial score (nSPS) is 9.83. The van der Waals surface area contributed by atoms with Crippen molar-refractivity contribution in [2.45, 2.75) is 0 Å². The fourth-order valence-corrected chi connectivity index (χ4v) is 1.78. The molecule has 0 aromatic heterocycles. The zero-order valence-corrected chi connectivity index (χ0v) is 13.0. The lowest BCUT2D eigenvalue weighted by Crippen LogP contribution is -2.47. The van der Waals surface area contributed by atoms with Crippen LogP contribution in [-0.2, 0) is 0 Å². The van der Waals surface area contributed by atoms with Crippen molar-refractivity contribution < 1.29 is 9.59 Å². The Bertz CT molecular complexity index is 578. The van der Waals surface area contributed by atoms with Gasteiger partial charge in [-0.1, -0.05) is 36.4 Å². The molecule has 4 amide bonds. The van der Waals surface area contributed by atoms with Crippen molar-refractivity contribution >= 4 is 23.4 Å². The highest BCUT2D eigenvalue weighted by Crippen LogP contribution is 2.04. The first-order valence-electron chi connectivity index (χ1n) is 7.44. The number of amides is 4. The summed E-state index contributed by atoms with van der Waals surface area (Å²) in [5.41, 5.74) is 11.9. The molecule has 0 aliphatic heterocycles. The van der Waals surface area contributed by atoms with Crippen molar-refractivity contribution in [3.63, 3.8) is 0 Å². The first-order chi connectivity index (χ1) is 11.7. The van der Waals surface area contributed by atoms with Crippen LogP contribution in [0.5, 0.6) is 0 Å². The molecule has 2 aromatic rings. The van der Waals surface area contributed by atoms with Crippen molar-refractivity contribution in [2.24, 2.45) is 0 Å². The lowest BCUT2D eigenvalue weighted by atomic mass is 10.3. The zero-order chi connectivity index (χ0) is 17.0. The van der Waals surface area contributed by atoms with Gasteiger partial charge < -0.3 is 10.6 Å². The summed E-state index contributed by atoms with van der Waals surface area (Å²) in [5, 5.41) is 5.33. The van der Waals surface area contributed by atoms with Crippen LogP contribution >= 0.6 is 0 Å². The number of hydrazine groups is 2. The van der Waals surface area contributed by atoms with Crippen molar-refractivity contribution in [3.05, 3.63) is 60.7 Å². The Balaban J connectivity index is 1.50. The summed E-state index contributed by atoms with van der Waals surface area (Å²) in [4.78, 5) is 23.1. The topological polar surface area (TPSA) is 106 Å². The highest BCUT2D eigenvalue weighted by molar-refractivity contribution is 5.89. The summed E-state index contributed by atoms with van der Waals surface area (Å²) in [7, 11) is 0. The Morgan fingerprint density at radius 3 is 1.38 bits per heavy atom. The second kappa shape index (κ2) is 9.82. The Morgan fingerprint density at radius 2 is 1.00 bits per heavy atom. The van der Waals surface area contributed by atoms with Gasteiger partial charge in [0.05, 0.1) is 0 Å². The smallest absolute Gasteiger partial charge is 0.307 e. The largest absolute Gasteiger partial charge is 0.333 e. The van der Waals surface area contributed by atoms with Gasteiger partial charge in [0.2, 0.25) is 0 Å². The molecule has 0 atom stereocenters. The van der Waals surface area contributed by atoms with Gasteiger partial charge in [-0.3, -0.25) is 10.9 Å². The molecule has 0 saturated heterocycles. The molecule has 0 unspecified atom stereocenters. The van der Waals surface area contributed by atoms with E-state index in [9.17, 15) is 9.59 Å². The van der Waals surface area contributed by atoms with Gasteiger partial charge in [-0.25, -0.2) is 20.4 Å². The van der Waals surface area contributed by atoms with Crippen LogP contribution in [0.4, 0.5) is 21.0 Å². The molecule has 8 heteroatoms. The molecular weight excluding hydrogens is 308 g/mol. The Labute approximate surface area is 140 Å². The molecule has 0 saturated carbocycles. The molecule has 24 heavy (non-hydrogen) atoms.